The molecule has 0 atom stereocenters. The molecule has 0 radical (unpaired) electrons. The summed E-state index contributed by atoms with van der Waals surface area (Å²) in [5.41, 5.74) is 15.5. The lowest BCUT2D eigenvalue weighted by Crippen LogP contribution is -2.05. The number of rotatable bonds is 1. The van der Waals surface area contributed by atoms with E-state index in [-0.39, 0.29) is 0 Å². The van der Waals surface area contributed by atoms with Gasteiger partial charge in [-0.3, -0.25) is 5.84 Å². The fraction of sp³-hybridized carbons (Fsp3) is 0. The highest BCUT2D eigenvalue weighted by atomic mass is 15.2. The van der Waals surface area contributed by atoms with Gasteiger partial charge >= 0.3 is 0 Å². The van der Waals surface area contributed by atoms with Gasteiger partial charge in [0.2, 0.25) is 0 Å². The molecular formula is C12H16N4. The van der Waals surface area contributed by atoms with Crippen LogP contribution in [0.15, 0.2) is 54.6 Å². The van der Waals surface area contributed by atoms with Crippen molar-refractivity contribution in [3.8, 4) is 0 Å². The topological polar surface area (TPSA) is 90.1 Å². The summed E-state index contributed by atoms with van der Waals surface area (Å²) in [6, 6.07) is 16.9. The molecule has 4 heteroatoms. The summed E-state index contributed by atoms with van der Waals surface area (Å²) in [5.74, 6) is 5.10. The summed E-state index contributed by atoms with van der Waals surface area (Å²) >= 11 is 0. The molecule has 0 unspecified atom stereocenters. The molecule has 0 aliphatic heterocycles. The Bertz CT molecular complexity index is 393. The van der Waals surface area contributed by atoms with Crippen LogP contribution in [0.1, 0.15) is 0 Å². The molecule has 4 nitrogen and oxygen atoms in total. The normalized spacial score (nSPS) is 8.81. The first-order chi connectivity index (χ1) is 7.74. The third-order valence-electron chi connectivity index (χ3n) is 1.94. The molecule has 0 amide bonds. The van der Waals surface area contributed by atoms with Crippen LogP contribution in [-0.2, 0) is 0 Å². The van der Waals surface area contributed by atoms with Gasteiger partial charge in [-0.2, -0.15) is 0 Å². The summed E-state index contributed by atoms with van der Waals surface area (Å²) in [4.78, 5) is 0. The van der Waals surface area contributed by atoms with Crippen LogP contribution in [0.3, 0.4) is 0 Å². The van der Waals surface area contributed by atoms with Crippen molar-refractivity contribution in [2.24, 2.45) is 5.84 Å². The molecule has 0 bridgehead atoms. The zero-order valence-electron chi connectivity index (χ0n) is 8.93. The van der Waals surface area contributed by atoms with E-state index in [4.69, 9.17) is 17.3 Å². The molecule has 0 aliphatic carbocycles. The van der Waals surface area contributed by atoms with Gasteiger partial charge in [-0.25, -0.2) is 0 Å². The van der Waals surface area contributed by atoms with Crippen molar-refractivity contribution in [1.29, 1.82) is 0 Å². The minimum Gasteiger partial charge on any atom is -0.397 e. The van der Waals surface area contributed by atoms with Crippen LogP contribution in [0.4, 0.5) is 17.1 Å². The minimum atomic E-state index is 0.646. The Morgan fingerprint density at radius 3 is 1.44 bits per heavy atom. The summed E-state index contributed by atoms with van der Waals surface area (Å²) < 4.78 is 0. The number of hydrogen-bond donors (Lipinski definition) is 4. The van der Waals surface area contributed by atoms with Gasteiger partial charge in [-0.05, 0) is 24.3 Å². The Balaban J connectivity index is 0.000000160. The average Bonchev–Trinajstić information content (AvgIpc) is 2.35. The van der Waals surface area contributed by atoms with E-state index in [1.54, 1.807) is 12.1 Å². The van der Waals surface area contributed by atoms with Crippen LogP contribution in [-0.4, -0.2) is 0 Å². The monoisotopic (exact) mass is 216 g/mol. The maximum Gasteiger partial charge on any atom is 0.0547 e. The first-order valence-corrected chi connectivity index (χ1v) is 4.85. The van der Waals surface area contributed by atoms with Gasteiger partial charge in [0.15, 0.2) is 0 Å². The Kier molecular flexibility index (Phi) is 4.69. The highest BCUT2D eigenvalue weighted by Crippen LogP contribution is 2.10. The standard InChI is InChI=1S/2C6H8N2/c7-8-6-4-2-1-3-5-6;7-5-3-1-2-4-6(5)8/h1-5,8H,7H2;1-4H,7-8H2. The molecule has 0 fully saturated rings. The second-order valence-corrected chi connectivity index (χ2v) is 3.14. The van der Waals surface area contributed by atoms with Crippen molar-refractivity contribution < 1.29 is 0 Å². The highest BCUT2D eigenvalue weighted by molar-refractivity contribution is 5.62. The lowest BCUT2D eigenvalue weighted by Gasteiger charge is -1.94. The fourth-order valence-corrected chi connectivity index (χ4v) is 1.05. The van der Waals surface area contributed by atoms with Gasteiger partial charge in [0, 0.05) is 5.69 Å². The molecule has 84 valence electrons. The molecule has 2 aromatic rings. The second-order valence-electron chi connectivity index (χ2n) is 3.14. The average molecular weight is 216 g/mol. The molecular weight excluding hydrogens is 200 g/mol. The van der Waals surface area contributed by atoms with Crippen molar-refractivity contribution in [3.63, 3.8) is 0 Å². The predicted molar refractivity (Wildman–Crippen MR) is 69.5 cm³/mol. The second kappa shape index (κ2) is 6.31. The Morgan fingerprint density at radius 1 is 0.688 bits per heavy atom. The molecule has 0 saturated heterocycles. The lowest BCUT2D eigenvalue weighted by atomic mass is 10.3. The highest BCUT2D eigenvalue weighted by Gasteiger charge is 1.85. The van der Waals surface area contributed by atoms with E-state index in [2.05, 4.69) is 5.43 Å². The van der Waals surface area contributed by atoms with Gasteiger partial charge in [0.1, 0.15) is 0 Å². The maximum absolute atomic E-state index is 5.39. The summed E-state index contributed by atoms with van der Waals surface area (Å²) in [6.07, 6.45) is 0. The van der Waals surface area contributed by atoms with Gasteiger partial charge in [0.05, 0.1) is 11.4 Å². The summed E-state index contributed by atoms with van der Waals surface area (Å²) in [6.45, 7) is 0. The molecule has 2 rings (SSSR count). The van der Waals surface area contributed by atoms with E-state index in [0.717, 1.165) is 5.69 Å². The maximum atomic E-state index is 5.39. The third kappa shape index (κ3) is 3.89. The van der Waals surface area contributed by atoms with Crippen molar-refractivity contribution in [3.05, 3.63) is 54.6 Å². The van der Waals surface area contributed by atoms with Gasteiger partial charge < -0.3 is 16.9 Å². The molecule has 0 heterocycles. The number of nitrogen functional groups attached to an aromatic ring is 3. The minimum absolute atomic E-state index is 0.646. The van der Waals surface area contributed by atoms with Crippen molar-refractivity contribution in [2.75, 3.05) is 16.9 Å². The molecule has 0 aliphatic rings. The molecule has 0 aromatic heterocycles. The van der Waals surface area contributed by atoms with Crippen molar-refractivity contribution in [2.45, 2.75) is 0 Å². The van der Waals surface area contributed by atoms with Gasteiger partial charge in [0.25, 0.3) is 0 Å². The molecule has 0 saturated carbocycles. The number of hydrogen-bond acceptors (Lipinski definition) is 4. The van der Waals surface area contributed by atoms with E-state index in [1.165, 1.54) is 0 Å². The van der Waals surface area contributed by atoms with Crippen LogP contribution in [0.2, 0.25) is 0 Å². The number of nitrogens with one attached hydrogen (secondary N) is 1. The van der Waals surface area contributed by atoms with Crippen molar-refractivity contribution >= 4 is 17.1 Å². The smallest absolute Gasteiger partial charge is 0.0547 e. The van der Waals surface area contributed by atoms with E-state index in [9.17, 15) is 0 Å². The third-order valence-corrected chi connectivity index (χ3v) is 1.94. The lowest BCUT2D eigenvalue weighted by molar-refractivity contribution is 1.35. The molecule has 2 aromatic carbocycles. The van der Waals surface area contributed by atoms with E-state index < -0.39 is 0 Å². The molecule has 7 N–H and O–H groups in total. The number of benzene rings is 2. The van der Waals surface area contributed by atoms with Crippen LogP contribution >= 0.6 is 0 Å². The van der Waals surface area contributed by atoms with Gasteiger partial charge in [-0.1, -0.05) is 30.3 Å². The summed E-state index contributed by atoms with van der Waals surface area (Å²) in [5, 5.41) is 0. The number of hydrazine groups is 1. The van der Waals surface area contributed by atoms with Crippen molar-refractivity contribution in [1.82, 2.24) is 0 Å². The van der Waals surface area contributed by atoms with E-state index >= 15 is 0 Å². The SMILES string of the molecule is NNc1ccccc1.Nc1ccccc1N. The number of nitrogens with two attached hydrogens (primary N) is 3. The van der Waals surface area contributed by atoms with Crippen LogP contribution < -0.4 is 22.7 Å². The zero-order chi connectivity index (χ0) is 11.8. The fourth-order valence-electron chi connectivity index (χ4n) is 1.05. The van der Waals surface area contributed by atoms with Crippen LogP contribution in [0.5, 0.6) is 0 Å². The Morgan fingerprint density at radius 2 is 1.12 bits per heavy atom. The molecule has 16 heavy (non-hydrogen) atoms. The largest absolute Gasteiger partial charge is 0.397 e. The quantitative estimate of drug-likeness (QED) is 0.332. The van der Waals surface area contributed by atoms with Crippen LogP contribution in [0, 0.1) is 0 Å². The first-order valence-electron chi connectivity index (χ1n) is 4.85. The Hall–Kier alpha value is -2.20. The van der Waals surface area contributed by atoms with Crippen LogP contribution in [0.25, 0.3) is 0 Å². The predicted octanol–water partition coefficient (Wildman–Crippen LogP) is 1.82. The number of anilines is 3. The summed E-state index contributed by atoms with van der Waals surface area (Å²) in [7, 11) is 0. The Labute approximate surface area is 95.0 Å². The van der Waals surface area contributed by atoms with E-state index in [0.29, 0.717) is 11.4 Å². The van der Waals surface area contributed by atoms with Gasteiger partial charge in [-0.15, -0.1) is 0 Å². The van der Waals surface area contributed by atoms with E-state index in [1.807, 2.05) is 42.5 Å². The zero-order valence-corrected chi connectivity index (χ0v) is 8.93. The molecule has 0 spiro atoms. The number of para-hydroxylation sites is 3. The first kappa shape index (κ1) is 11.9.